The van der Waals surface area contributed by atoms with Crippen LogP contribution in [0.1, 0.15) is 31.2 Å². The van der Waals surface area contributed by atoms with Gasteiger partial charge in [-0.05, 0) is 37.8 Å². The van der Waals surface area contributed by atoms with Crippen LogP contribution in [0.5, 0.6) is 0 Å². The minimum atomic E-state index is -0.610. The second kappa shape index (κ2) is 9.15. The molecule has 2 amide bonds. The molecule has 1 fully saturated rings. The number of ether oxygens (including phenoxy) is 1. The Morgan fingerprint density at radius 3 is 2.52 bits per heavy atom. The van der Waals surface area contributed by atoms with Gasteiger partial charge in [0.1, 0.15) is 12.6 Å². The van der Waals surface area contributed by atoms with Gasteiger partial charge in [-0.3, -0.25) is 4.79 Å². The van der Waals surface area contributed by atoms with E-state index in [1.807, 2.05) is 30.3 Å². The summed E-state index contributed by atoms with van der Waals surface area (Å²) in [5, 5.41) is 2.65. The second-order valence-corrected chi connectivity index (χ2v) is 5.72. The highest BCUT2D eigenvalue weighted by Gasteiger charge is 2.26. The van der Waals surface area contributed by atoms with Crippen molar-refractivity contribution >= 4 is 12.0 Å². The van der Waals surface area contributed by atoms with Gasteiger partial charge in [0.15, 0.2) is 0 Å². The summed E-state index contributed by atoms with van der Waals surface area (Å²) in [6.07, 6.45) is 3.00. The first-order chi connectivity index (χ1) is 11.2. The molecule has 0 saturated carbocycles. The van der Waals surface area contributed by atoms with Crippen LogP contribution in [0.3, 0.4) is 0 Å². The number of likely N-dealkylation sites (tertiary alicyclic amines) is 1. The van der Waals surface area contributed by atoms with Crippen LogP contribution >= 0.6 is 0 Å². The summed E-state index contributed by atoms with van der Waals surface area (Å²) in [6, 6.07) is 8.81. The van der Waals surface area contributed by atoms with E-state index in [0.29, 0.717) is 13.0 Å². The molecule has 1 aliphatic heterocycles. The van der Waals surface area contributed by atoms with Crippen LogP contribution in [0.15, 0.2) is 30.3 Å². The first kappa shape index (κ1) is 17.3. The van der Waals surface area contributed by atoms with E-state index < -0.39 is 12.1 Å². The van der Waals surface area contributed by atoms with Crippen LogP contribution in [0, 0.1) is 0 Å². The average Bonchev–Trinajstić information content (AvgIpc) is 2.60. The molecular formula is C17H25N3O3. The van der Waals surface area contributed by atoms with Crippen molar-refractivity contribution in [3.63, 3.8) is 0 Å². The normalized spacial score (nSPS) is 15.8. The molecule has 6 nitrogen and oxygen atoms in total. The molecule has 0 radical (unpaired) electrons. The van der Waals surface area contributed by atoms with Gasteiger partial charge in [0.2, 0.25) is 5.91 Å². The van der Waals surface area contributed by atoms with Gasteiger partial charge in [-0.1, -0.05) is 30.3 Å². The Bertz CT molecular complexity index is 501. The molecule has 1 saturated heterocycles. The predicted octanol–water partition coefficient (Wildman–Crippen LogP) is 1.64. The summed E-state index contributed by atoms with van der Waals surface area (Å²) in [4.78, 5) is 26.2. The summed E-state index contributed by atoms with van der Waals surface area (Å²) in [7, 11) is 0. The van der Waals surface area contributed by atoms with Gasteiger partial charge < -0.3 is 20.7 Å². The minimum absolute atomic E-state index is 0.0631. The lowest BCUT2D eigenvalue weighted by atomic mass is 10.1. The van der Waals surface area contributed by atoms with E-state index in [9.17, 15) is 9.59 Å². The number of rotatable bonds is 6. The molecule has 0 spiro atoms. The summed E-state index contributed by atoms with van der Waals surface area (Å²) >= 11 is 0. The van der Waals surface area contributed by atoms with Crippen LogP contribution < -0.4 is 11.1 Å². The highest BCUT2D eigenvalue weighted by atomic mass is 16.5. The smallest absolute Gasteiger partial charge is 0.408 e. The van der Waals surface area contributed by atoms with E-state index >= 15 is 0 Å². The van der Waals surface area contributed by atoms with Gasteiger partial charge in [-0.15, -0.1) is 0 Å². The fourth-order valence-electron chi connectivity index (χ4n) is 2.67. The summed E-state index contributed by atoms with van der Waals surface area (Å²) in [6.45, 7) is 2.02. The zero-order valence-electron chi connectivity index (χ0n) is 13.4. The van der Waals surface area contributed by atoms with Gasteiger partial charge in [0.25, 0.3) is 0 Å². The van der Waals surface area contributed by atoms with Crippen molar-refractivity contribution in [3.8, 4) is 0 Å². The zero-order chi connectivity index (χ0) is 16.5. The molecule has 0 aromatic heterocycles. The molecule has 1 unspecified atom stereocenters. The number of nitrogens with one attached hydrogen (secondary N) is 1. The maximum absolute atomic E-state index is 12.5. The van der Waals surface area contributed by atoms with Gasteiger partial charge in [-0.2, -0.15) is 0 Å². The molecule has 2 rings (SSSR count). The third-order valence-corrected chi connectivity index (χ3v) is 3.93. The van der Waals surface area contributed by atoms with E-state index in [0.717, 1.165) is 37.9 Å². The number of hydrogen-bond donors (Lipinski definition) is 2. The number of benzene rings is 1. The molecule has 0 aliphatic carbocycles. The molecule has 0 bridgehead atoms. The number of amides is 2. The third kappa shape index (κ3) is 5.56. The Morgan fingerprint density at radius 2 is 1.87 bits per heavy atom. The largest absolute Gasteiger partial charge is 0.445 e. The lowest BCUT2D eigenvalue weighted by Gasteiger charge is -2.30. The van der Waals surface area contributed by atoms with Crippen molar-refractivity contribution < 1.29 is 14.3 Å². The van der Waals surface area contributed by atoms with E-state index in [1.54, 1.807) is 4.90 Å². The Hall–Kier alpha value is -2.08. The number of nitrogens with zero attached hydrogens (tertiary/aromatic N) is 1. The fourth-order valence-corrected chi connectivity index (χ4v) is 2.67. The number of piperidine rings is 1. The van der Waals surface area contributed by atoms with Crippen molar-refractivity contribution in [2.24, 2.45) is 5.73 Å². The lowest BCUT2D eigenvalue weighted by Crippen LogP contribution is -2.50. The first-order valence-electron chi connectivity index (χ1n) is 8.17. The Kier molecular flexibility index (Phi) is 6.87. The average molecular weight is 319 g/mol. The first-order valence-corrected chi connectivity index (χ1v) is 8.17. The second-order valence-electron chi connectivity index (χ2n) is 5.72. The molecule has 1 aliphatic rings. The molecule has 3 N–H and O–H groups in total. The summed E-state index contributed by atoms with van der Waals surface area (Å²) in [5.74, 6) is -0.0631. The molecule has 1 aromatic rings. The summed E-state index contributed by atoms with van der Waals surface area (Å²) < 4.78 is 5.18. The number of carbonyl (C=O) groups is 2. The number of carbonyl (C=O) groups excluding carboxylic acids is 2. The van der Waals surface area contributed by atoms with E-state index in [4.69, 9.17) is 10.5 Å². The van der Waals surface area contributed by atoms with E-state index in [-0.39, 0.29) is 12.5 Å². The highest BCUT2D eigenvalue weighted by Crippen LogP contribution is 2.11. The topological polar surface area (TPSA) is 84.7 Å². The molecule has 1 atom stereocenters. The van der Waals surface area contributed by atoms with Crippen LogP contribution in [0.4, 0.5) is 4.79 Å². The van der Waals surface area contributed by atoms with Crippen molar-refractivity contribution in [1.29, 1.82) is 0 Å². The minimum Gasteiger partial charge on any atom is -0.445 e. The monoisotopic (exact) mass is 319 g/mol. The van der Waals surface area contributed by atoms with Crippen LogP contribution in [0.25, 0.3) is 0 Å². The SMILES string of the molecule is NCCC(NC(=O)OCc1ccccc1)C(=O)N1CCCCC1. The fraction of sp³-hybridized carbons (Fsp3) is 0.529. The predicted molar refractivity (Wildman–Crippen MR) is 87.7 cm³/mol. The van der Waals surface area contributed by atoms with E-state index in [1.165, 1.54) is 0 Å². The molecule has 1 heterocycles. The van der Waals surface area contributed by atoms with Crippen molar-refractivity contribution in [1.82, 2.24) is 10.2 Å². The Labute approximate surface area is 137 Å². The van der Waals surface area contributed by atoms with Crippen LogP contribution in [-0.2, 0) is 16.1 Å². The van der Waals surface area contributed by atoms with Crippen molar-refractivity contribution in [2.75, 3.05) is 19.6 Å². The molecule has 23 heavy (non-hydrogen) atoms. The van der Waals surface area contributed by atoms with Crippen LogP contribution in [-0.4, -0.2) is 42.6 Å². The molecular weight excluding hydrogens is 294 g/mol. The van der Waals surface area contributed by atoms with Gasteiger partial charge in [0, 0.05) is 13.1 Å². The summed E-state index contributed by atoms with van der Waals surface area (Å²) in [5.41, 5.74) is 6.48. The highest BCUT2D eigenvalue weighted by molar-refractivity contribution is 5.85. The third-order valence-electron chi connectivity index (χ3n) is 3.93. The number of hydrogen-bond acceptors (Lipinski definition) is 4. The molecule has 6 heteroatoms. The maximum atomic E-state index is 12.5. The number of alkyl carbamates (subject to hydrolysis) is 1. The van der Waals surface area contributed by atoms with Crippen molar-refractivity contribution in [2.45, 2.75) is 38.3 Å². The standard InChI is InChI=1S/C17H25N3O3/c18-10-9-15(16(21)20-11-5-2-6-12-20)19-17(22)23-13-14-7-3-1-4-8-14/h1,3-4,7-8,15H,2,5-6,9-13,18H2,(H,19,22). The zero-order valence-corrected chi connectivity index (χ0v) is 13.4. The maximum Gasteiger partial charge on any atom is 0.408 e. The van der Waals surface area contributed by atoms with Gasteiger partial charge >= 0.3 is 6.09 Å². The Morgan fingerprint density at radius 1 is 1.17 bits per heavy atom. The quantitative estimate of drug-likeness (QED) is 0.835. The number of nitrogens with two attached hydrogens (primary N) is 1. The van der Waals surface area contributed by atoms with Gasteiger partial charge in [-0.25, -0.2) is 4.79 Å². The molecule has 1 aromatic carbocycles. The van der Waals surface area contributed by atoms with E-state index in [2.05, 4.69) is 5.32 Å². The van der Waals surface area contributed by atoms with Crippen molar-refractivity contribution in [3.05, 3.63) is 35.9 Å². The lowest BCUT2D eigenvalue weighted by molar-refractivity contribution is -0.134. The van der Waals surface area contributed by atoms with Crippen LogP contribution in [0.2, 0.25) is 0 Å². The molecule has 126 valence electrons. The Balaban J connectivity index is 1.84. The van der Waals surface area contributed by atoms with Gasteiger partial charge in [0.05, 0.1) is 0 Å².